The fourth-order valence-electron chi connectivity index (χ4n) is 4.45. The predicted octanol–water partition coefficient (Wildman–Crippen LogP) is 1.46. The first kappa shape index (κ1) is 17.6. The molecule has 3 atom stereocenters. The van der Waals surface area contributed by atoms with Gasteiger partial charge in [0, 0.05) is 32.3 Å². The van der Waals surface area contributed by atoms with Gasteiger partial charge in [-0.15, -0.1) is 0 Å². The lowest BCUT2D eigenvalue weighted by Gasteiger charge is -2.20. The van der Waals surface area contributed by atoms with Crippen LogP contribution in [0.25, 0.3) is 11.2 Å². The normalized spacial score (nSPS) is 22.6. The molecule has 0 spiro atoms. The number of aryl methyl sites for hydroxylation is 1. The first-order valence-corrected chi connectivity index (χ1v) is 10.0. The third kappa shape index (κ3) is 2.71. The van der Waals surface area contributed by atoms with E-state index in [4.69, 9.17) is 16.1 Å². The second-order valence-electron chi connectivity index (χ2n) is 7.84. The Bertz CT molecular complexity index is 1300. The molecule has 10 nitrogen and oxygen atoms in total. The number of anilines is 1. The number of imidazole rings is 1. The van der Waals surface area contributed by atoms with Gasteiger partial charge in [-0.2, -0.15) is 4.98 Å². The third-order valence-electron chi connectivity index (χ3n) is 6.02. The van der Waals surface area contributed by atoms with Crippen molar-refractivity contribution in [1.29, 1.82) is 0 Å². The molecule has 2 fully saturated rings. The van der Waals surface area contributed by atoms with Gasteiger partial charge >= 0.3 is 0 Å². The zero-order valence-electron chi connectivity index (χ0n) is 16.0. The summed E-state index contributed by atoms with van der Waals surface area (Å²) in [6.07, 6.45) is 4.71. The Morgan fingerprint density at radius 3 is 2.73 bits per heavy atom. The highest BCUT2D eigenvalue weighted by molar-refractivity contribution is 6.30. The van der Waals surface area contributed by atoms with Gasteiger partial charge in [-0.05, 0) is 24.0 Å². The molecule has 0 aromatic carbocycles. The van der Waals surface area contributed by atoms with Crippen LogP contribution in [0.5, 0.6) is 0 Å². The Morgan fingerprint density at radius 2 is 1.97 bits per heavy atom. The van der Waals surface area contributed by atoms with E-state index in [-0.39, 0.29) is 12.1 Å². The lowest BCUT2D eigenvalue weighted by Crippen LogP contribution is -2.24. The van der Waals surface area contributed by atoms with Crippen LogP contribution >= 0.6 is 11.6 Å². The van der Waals surface area contributed by atoms with Crippen LogP contribution < -0.4 is 10.5 Å². The molecule has 30 heavy (non-hydrogen) atoms. The van der Waals surface area contributed by atoms with Crippen LogP contribution in [-0.4, -0.2) is 47.3 Å². The van der Waals surface area contributed by atoms with Gasteiger partial charge in [0.2, 0.25) is 5.89 Å². The van der Waals surface area contributed by atoms with E-state index in [1.165, 1.54) is 10.9 Å². The standard InChI is InChI=1S/C19H17ClN8O2/c1-26-8-22-18-16(26)19(29)28(9-23-18)7-14-24-17(25-30-14)15-11-5-27(6-12(11)15)13-3-2-10(20)4-21-13/h2-4,8-9,11-12,15H,5-7H2,1H3/t11-,12?,15?/m0/s1. The first-order valence-electron chi connectivity index (χ1n) is 9.64. The van der Waals surface area contributed by atoms with Crippen LogP contribution in [0.3, 0.4) is 0 Å². The Balaban J connectivity index is 1.16. The number of hydrogen-bond donors (Lipinski definition) is 0. The Morgan fingerprint density at radius 1 is 1.17 bits per heavy atom. The molecule has 11 heteroatoms. The lowest BCUT2D eigenvalue weighted by molar-refractivity contribution is 0.363. The van der Waals surface area contributed by atoms with Crippen molar-refractivity contribution >= 4 is 28.6 Å². The van der Waals surface area contributed by atoms with Gasteiger partial charge < -0.3 is 14.0 Å². The van der Waals surface area contributed by atoms with Gasteiger partial charge in [-0.3, -0.25) is 9.36 Å². The van der Waals surface area contributed by atoms with Crippen LogP contribution in [0.4, 0.5) is 5.82 Å². The number of rotatable bonds is 4. The van der Waals surface area contributed by atoms with Gasteiger partial charge in [0.25, 0.3) is 5.56 Å². The summed E-state index contributed by atoms with van der Waals surface area (Å²) in [5, 5.41) is 4.81. The van der Waals surface area contributed by atoms with Crippen LogP contribution in [-0.2, 0) is 13.6 Å². The molecular weight excluding hydrogens is 408 g/mol. The van der Waals surface area contributed by atoms with Crippen molar-refractivity contribution in [3.8, 4) is 0 Å². The van der Waals surface area contributed by atoms with E-state index < -0.39 is 0 Å². The quantitative estimate of drug-likeness (QED) is 0.484. The van der Waals surface area contributed by atoms with Crippen molar-refractivity contribution in [2.24, 2.45) is 18.9 Å². The van der Waals surface area contributed by atoms with Crippen LogP contribution in [0.2, 0.25) is 5.02 Å². The number of nitrogens with zero attached hydrogens (tertiary/aromatic N) is 8. The minimum Gasteiger partial charge on any atom is -0.356 e. The van der Waals surface area contributed by atoms with Crippen molar-refractivity contribution in [3.05, 3.63) is 58.1 Å². The maximum atomic E-state index is 12.7. The summed E-state index contributed by atoms with van der Waals surface area (Å²) in [7, 11) is 1.77. The maximum Gasteiger partial charge on any atom is 0.280 e. The summed E-state index contributed by atoms with van der Waals surface area (Å²) in [5.74, 6) is 3.33. The zero-order chi connectivity index (χ0) is 20.4. The molecule has 2 aliphatic rings. The fraction of sp³-hybridized carbons (Fsp3) is 0.368. The molecule has 4 aromatic rings. The van der Waals surface area contributed by atoms with Gasteiger partial charge in [-0.1, -0.05) is 16.8 Å². The second-order valence-corrected chi connectivity index (χ2v) is 8.28. The predicted molar refractivity (Wildman–Crippen MR) is 107 cm³/mol. The third-order valence-corrected chi connectivity index (χ3v) is 6.24. The topological polar surface area (TPSA) is 108 Å². The Labute approximate surface area is 175 Å². The fourth-order valence-corrected chi connectivity index (χ4v) is 4.56. The van der Waals surface area contributed by atoms with E-state index in [0.717, 1.165) is 18.9 Å². The smallest absolute Gasteiger partial charge is 0.280 e. The second kappa shape index (κ2) is 6.36. The maximum absolute atomic E-state index is 12.7. The first-order chi connectivity index (χ1) is 14.6. The molecule has 0 radical (unpaired) electrons. The summed E-state index contributed by atoms with van der Waals surface area (Å²) in [5.41, 5.74) is 0.689. The van der Waals surface area contributed by atoms with E-state index in [2.05, 4.69) is 30.0 Å². The van der Waals surface area contributed by atoms with Gasteiger partial charge in [0.05, 0.1) is 11.3 Å². The molecule has 0 N–H and O–H groups in total. The molecule has 152 valence electrons. The average molecular weight is 425 g/mol. The van der Waals surface area contributed by atoms with E-state index in [1.54, 1.807) is 24.1 Å². The molecule has 0 amide bonds. The molecule has 1 saturated carbocycles. The van der Waals surface area contributed by atoms with Gasteiger partial charge in [0.1, 0.15) is 18.7 Å². The molecule has 2 unspecified atom stereocenters. The minimum atomic E-state index is -0.186. The van der Waals surface area contributed by atoms with Crippen molar-refractivity contribution < 1.29 is 4.52 Å². The monoisotopic (exact) mass is 424 g/mol. The minimum absolute atomic E-state index is 0.183. The number of aromatic nitrogens is 7. The number of hydrogen-bond acceptors (Lipinski definition) is 8. The highest BCUT2D eigenvalue weighted by Crippen LogP contribution is 2.57. The summed E-state index contributed by atoms with van der Waals surface area (Å²) >= 11 is 5.92. The highest BCUT2D eigenvalue weighted by atomic mass is 35.5. The molecule has 5 heterocycles. The Kier molecular flexibility index (Phi) is 3.73. The summed E-state index contributed by atoms with van der Waals surface area (Å²) in [6, 6.07) is 3.80. The SMILES string of the molecule is Cn1cnc2ncn(Cc3nc(C4C5CN(c6ccc(Cl)cn6)C[C@@H]54)no3)c(=O)c21. The van der Waals surface area contributed by atoms with Crippen molar-refractivity contribution in [1.82, 2.24) is 34.2 Å². The highest BCUT2D eigenvalue weighted by Gasteiger charge is 2.58. The number of piperidine rings is 1. The molecule has 0 bridgehead atoms. The van der Waals surface area contributed by atoms with E-state index in [0.29, 0.717) is 45.7 Å². The largest absolute Gasteiger partial charge is 0.356 e. The molecular formula is C19H17ClN8O2. The van der Waals surface area contributed by atoms with Crippen LogP contribution in [0, 0.1) is 11.8 Å². The molecule has 1 saturated heterocycles. The Hall–Kier alpha value is -3.27. The van der Waals surface area contributed by atoms with Crippen molar-refractivity contribution in [2.45, 2.75) is 12.5 Å². The molecule has 1 aliphatic heterocycles. The zero-order valence-corrected chi connectivity index (χ0v) is 16.8. The van der Waals surface area contributed by atoms with Crippen LogP contribution in [0.15, 0.2) is 40.3 Å². The van der Waals surface area contributed by atoms with E-state index >= 15 is 0 Å². The molecule has 4 aromatic heterocycles. The molecule has 6 rings (SSSR count). The summed E-state index contributed by atoms with van der Waals surface area (Å²) in [6.45, 7) is 2.01. The van der Waals surface area contributed by atoms with Gasteiger partial charge in [-0.25, -0.2) is 15.0 Å². The van der Waals surface area contributed by atoms with Crippen molar-refractivity contribution in [3.63, 3.8) is 0 Å². The van der Waals surface area contributed by atoms with Crippen molar-refractivity contribution in [2.75, 3.05) is 18.0 Å². The number of fused-ring (bicyclic) bond motifs is 2. The number of halogens is 1. The molecule has 1 aliphatic carbocycles. The van der Waals surface area contributed by atoms with Gasteiger partial charge in [0.15, 0.2) is 17.0 Å². The summed E-state index contributed by atoms with van der Waals surface area (Å²) < 4.78 is 8.55. The van der Waals surface area contributed by atoms with E-state index in [9.17, 15) is 4.79 Å². The van der Waals surface area contributed by atoms with E-state index in [1.807, 2.05) is 12.1 Å². The van der Waals surface area contributed by atoms with Crippen LogP contribution in [0.1, 0.15) is 17.6 Å². The summed E-state index contributed by atoms with van der Waals surface area (Å²) in [4.78, 5) is 32.2. The average Bonchev–Trinajstić information content (AvgIpc) is 3.16. The lowest BCUT2D eigenvalue weighted by atomic mass is 10.2. The number of pyridine rings is 1.